The molecule has 1 aromatic heterocycles. The Hall–Kier alpha value is -2.41. The number of rotatable bonds is 7. The van der Waals surface area contributed by atoms with Gasteiger partial charge in [0.05, 0.1) is 0 Å². The highest BCUT2D eigenvalue weighted by atomic mass is 19.4. The van der Waals surface area contributed by atoms with E-state index < -0.39 is 24.8 Å². The lowest BCUT2D eigenvalue weighted by molar-refractivity contribution is -0.224. The summed E-state index contributed by atoms with van der Waals surface area (Å²) >= 11 is 0. The van der Waals surface area contributed by atoms with Crippen LogP contribution in [0.25, 0.3) is 0 Å². The molecule has 26 heavy (non-hydrogen) atoms. The Morgan fingerprint density at radius 3 is 2.50 bits per heavy atom. The third-order valence-corrected chi connectivity index (χ3v) is 4.16. The zero-order chi connectivity index (χ0) is 18.6. The summed E-state index contributed by atoms with van der Waals surface area (Å²) in [4.78, 5) is 18.1. The smallest absolute Gasteiger partial charge is 0.354 e. The minimum absolute atomic E-state index is 0.0157. The van der Waals surface area contributed by atoms with E-state index in [9.17, 15) is 18.0 Å². The monoisotopic (exact) mass is 364 g/mol. The van der Waals surface area contributed by atoms with Crippen LogP contribution < -0.4 is 0 Å². The Balaban J connectivity index is 1.66. The van der Waals surface area contributed by atoms with Crippen molar-refractivity contribution in [3.05, 3.63) is 66.0 Å². The van der Waals surface area contributed by atoms with Crippen LogP contribution in [0.2, 0.25) is 0 Å². The van der Waals surface area contributed by atoms with Crippen LogP contribution in [0.4, 0.5) is 13.2 Å². The van der Waals surface area contributed by atoms with Crippen LogP contribution in [0.5, 0.6) is 0 Å². The highest BCUT2D eigenvalue weighted by Gasteiger charge is 2.43. The second kappa shape index (κ2) is 7.86. The van der Waals surface area contributed by atoms with Crippen LogP contribution in [-0.2, 0) is 16.1 Å². The van der Waals surface area contributed by atoms with Gasteiger partial charge in [-0.2, -0.15) is 13.2 Å². The highest BCUT2D eigenvalue weighted by molar-refractivity contribution is 5.78. The van der Waals surface area contributed by atoms with Gasteiger partial charge in [-0.3, -0.25) is 9.78 Å². The van der Waals surface area contributed by atoms with Gasteiger partial charge in [-0.25, -0.2) is 0 Å². The number of nitrogens with zero attached hydrogens (tertiary/aromatic N) is 2. The van der Waals surface area contributed by atoms with Crippen molar-refractivity contribution in [1.82, 2.24) is 9.88 Å². The maximum absolute atomic E-state index is 13.3. The van der Waals surface area contributed by atoms with Gasteiger partial charge in [-0.15, -0.1) is 0 Å². The number of hydrogen-bond donors (Lipinski definition) is 0. The van der Waals surface area contributed by atoms with Gasteiger partial charge in [-0.1, -0.05) is 36.4 Å². The standard InChI is InChI=1S/C19H19F3N2O2/c20-19(21,22)18(15-6-2-1-3-7-15)26-13-17(25)24(16-8-9-16)12-14-5-4-10-23-11-14/h1-7,10-11,16,18H,8-9,12-13H2. The summed E-state index contributed by atoms with van der Waals surface area (Å²) in [7, 11) is 0. The summed E-state index contributed by atoms with van der Waals surface area (Å²) in [6.07, 6.45) is -1.72. The molecule has 1 aliphatic carbocycles. The minimum Gasteiger partial charge on any atom is -0.354 e. The molecule has 0 spiro atoms. The van der Waals surface area contributed by atoms with Gasteiger partial charge in [0.15, 0.2) is 6.10 Å². The fourth-order valence-corrected chi connectivity index (χ4v) is 2.74. The first kappa shape index (κ1) is 18.4. The average molecular weight is 364 g/mol. The molecule has 2 aromatic rings. The van der Waals surface area contributed by atoms with E-state index in [4.69, 9.17) is 4.74 Å². The Labute approximate surface area is 149 Å². The molecule has 0 radical (unpaired) electrons. The molecule has 1 aromatic carbocycles. The fourth-order valence-electron chi connectivity index (χ4n) is 2.74. The molecular weight excluding hydrogens is 345 g/mol. The lowest BCUT2D eigenvalue weighted by Gasteiger charge is -2.25. The predicted octanol–water partition coefficient (Wildman–Crippen LogP) is 3.89. The number of carbonyl (C=O) groups excluding carboxylic acids is 1. The van der Waals surface area contributed by atoms with Crippen LogP contribution in [0, 0.1) is 0 Å². The third-order valence-electron chi connectivity index (χ3n) is 4.16. The number of halogens is 3. The zero-order valence-electron chi connectivity index (χ0n) is 14.0. The van der Waals surface area contributed by atoms with Gasteiger partial charge < -0.3 is 9.64 Å². The average Bonchev–Trinajstić information content (AvgIpc) is 3.45. The number of aromatic nitrogens is 1. The summed E-state index contributed by atoms with van der Waals surface area (Å²) in [5.41, 5.74) is 0.821. The van der Waals surface area contributed by atoms with Gasteiger partial charge in [0, 0.05) is 25.0 Å². The SMILES string of the molecule is O=C(COC(c1ccccc1)C(F)(F)F)N(Cc1cccnc1)C1CC1. The van der Waals surface area contributed by atoms with Crippen LogP contribution >= 0.6 is 0 Å². The zero-order valence-corrected chi connectivity index (χ0v) is 14.0. The molecule has 0 saturated heterocycles. The first-order chi connectivity index (χ1) is 12.4. The summed E-state index contributed by atoms with van der Waals surface area (Å²) in [6, 6.07) is 11.0. The van der Waals surface area contributed by atoms with E-state index >= 15 is 0 Å². The molecule has 0 bridgehead atoms. The topological polar surface area (TPSA) is 42.4 Å². The van der Waals surface area contributed by atoms with E-state index in [0.29, 0.717) is 6.54 Å². The van der Waals surface area contributed by atoms with Crippen molar-refractivity contribution >= 4 is 5.91 Å². The number of amides is 1. The van der Waals surface area contributed by atoms with Crippen LogP contribution in [0.15, 0.2) is 54.9 Å². The Morgan fingerprint density at radius 2 is 1.92 bits per heavy atom. The number of benzene rings is 1. The van der Waals surface area contributed by atoms with Crippen molar-refractivity contribution in [1.29, 1.82) is 0 Å². The summed E-state index contributed by atoms with van der Waals surface area (Å²) < 4.78 is 45.0. The molecule has 1 aliphatic rings. The number of pyridine rings is 1. The summed E-state index contributed by atoms with van der Waals surface area (Å²) in [5, 5.41) is 0. The molecule has 7 heteroatoms. The quantitative estimate of drug-likeness (QED) is 0.749. The second-order valence-electron chi connectivity index (χ2n) is 6.26. The van der Waals surface area contributed by atoms with Gasteiger partial charge in [0.2, 0.25) is 5.91 Å². The normalized spacial score (nSPS) is 15.5. The molecule has 1 atom stereocenters. The van der Waals surface area contributed by atoms with Crippen LogP contribution in [0.3, 0.4) is 0 Å². The number of ether oxygens (including phenoxy) is 1. The molecule has 138 valence electrons. The Kier molecular flexibility index (Phi) is 5.56. The van der Waals surface area contributed by atoms with E-state index in [1.807, 2.05) is 6.07 Å². The lowest BCUT2D eigenvalue weighted by atomic mass is 10.1. The summed E-state index contributed by atoms with van der Waals surface area (Å²) in [6.45, 7) is -0.293. The predicted molar refractivity (Wildman–Crippen MR) is 89.0 cm³/mol. The molecule has 1 fully saturated rings. The van der Waals surface area contributed by atoms with Gasteiger partial charge in [0.25, 0.3) is 0 Å². The molecule has 1 heterocycles. The lowest BCUT2D eigenvalue weighted by Crippen LogP contribution is -2.37. The van der Waals surface area contributed by atoms with Gasteiger partial charge in [-0.05, 0) is 30.0 Å². The maximum atomic E-state index is 13.3. The first-order valence-electron chi connectivity index (χ1n) is 8.37. The van der Waals surface area contributed by atoms with Gasteiger partial charge >= 0.3 is 6.18 Å². The molecular formula is C19H19F3N2O2. The van der Waals surface area contributed by atoms with E-state index in [2.05, 4.69) is 4.98 Å². The molecule has 3 rings (SSSR count). The van der Waals surface area contributed by atoms with E-state index in [1.54, 1.807) is 29.4 Å². The number of carbonyl (C=O) groups is 1. The molecule has 1 unspecified atom stereocenters. The largest absolute Gasteiger partial charge is 0.418 e. The second-order valence-corrected chi connectivity index (χ2v) is 6.26. The number of alkyl halides is 3. The fraction of sp³-hybridized carbons (Fsp3) is 0.368. The van der Waals surface area contributed by atoms with Crippen molar-refractivity contribution in [3.8, 4) is 0 Å². The molecule has 4 nitrogen and oxygen atoms in total. The maximum Gasteiger partial charge on any atom is 0.418 e. The Morgan fingerprint density at radius 1 is 1.19 bits per heavy atom. The van der Waals surface area contributed by atoms with Crippen molar-refractivity contribution in [2.24, 2.45) is 0 Å². The van der Waals surface area contributed by atoms with Crippen molar-refractivity contribution in [3.63, 3.8) is 0 Å². The molecule has 0 aliphatic heterocycles. The van der Waals surface area contributed by atoms with Crippen LogP contribution in [-0.4, -0.2) is 34.6 Å². The minimum atomic E-state index is -4.59. The van der Waals surface area contributed by atoms with E-state index in [0.717, 1.165) is 18.4 Å². The summed E-state index contributed by atoms with van der Waals surface area (Å²) in [5.74, 6) is -0.443. The number of hydrogen-bond acceptors (Lipinski definition) is 3. The first-order valence-corrected chi connectivity index (χ1v) is 8.37. The highest BCUT2D eigenvalue weighted by Crippen LogP contribution is 2.36. The third kappa shape index (κ3) is 4.82. The molecule has 1 saturated carbocycles. The van der Waals surface area contributed by atoms with Crippen molar-refractivity contribution < 1.29 is 22.7 Å². The van der Waals surface area contributed by atoms with E-state index in [1.165, 1.54) is 24.3 Å². The van der Waals surface area contributed by atoms with Crippen LogP contribution in [0.1, 0.15) is 30.1 Å². The molecule has 1 amide bonds. The van der Waals surface area contributed by atoms with Crippen molar-refractivity contribution in [2.45, 2.75) is 37.7 Å². The molecule has 0 N–H and O–H groups in total. The van der Waals surface area contributed by atoms with Crippen molar-refractivity contribution in [2.75, 3.05) is 6.61 Å². The van der Waals surface area contributed by atoms with E-state index in [-0.39, 0.29) is 11.6 Å². The van der Waals surface area contributed by atoms with Gasteiger partial charge in [0.1, 0.15) is 6.61 Å². The Bertz CT molecular complexity index is 719.